The Balaban J connectivity index is 1.92. The topological polar surface area (TPSA) is 52.3 Å². The summed E-state index contributed by atoms with van der Waals surface area (Å²) < 4.78 is 45.2. The molecule has 0 aliphatic heterocycles. The summed E-state index contributed by atoms with van der Waals surface area (Å²) in [5, 5.41) is 6.68. The number of aromatic nitrogens is 4. The Hall–Kier alpha value is -2.48. The minimum atomic E-state index is -4.57. The lowest BCUT2D eigenvalue weighted by atomic mass is 10.1. The van der Waals surface area contributed by atoms with Crippen molar-refractivity contribution in [3.63, 3.8) is 0 Å². The molecule has 0 atom stereocenters. The van der Waals surface area contributed by atoms with Gasteiger partial charge in [-0.05, 0) is 19.4 Å². The Bertz CT molecular complexity index is 841. The van der Waals surface area contributed by atoms with Crippen molar-refractivity contribution in [3.8, 4) is 11.3 Å². The van der Waals surface area contributed by atoms with Gasteiger partial charge in [-0.15, -0.1) is 10.2 Å². The number of fused-ring (bicyclic) bond motifs is 1. The van der Waals surface area contributed by atoms with E-state index in [-0.39, 0.29) is 11.8 Å². The second-order valence-electron chi connectivity index (χ2n) is 5.58. The van der Waals surface area contributed by atoms with Crippen LogP contribution in [0.25, 0.3) is 16.9 Å². The molecule has 0 N–H and O–H groups in total. The zero-order valence-corrected chi connectivity index (χ0v) is 13.1. The van der Waals surface area contributed by atoms with Crippen molar-refractivity contribution >= 4 is 5.65 Å². The van der Waals surface area contributed by atoms with E-state index in [1.165, 1.54) is 12.4 Å². The number of ether oxygens (including phenoxy) is 1. The molecule has 0 aliphatic carbocycles. The van der Waals surface area contributed by atoms with Gasteiger partial charge in [0.1, 0.15) is 0 Å². The average Bonchev–Trinajstić information content (AvgIpc) is 2.96. The normalized spacial score (nSPS) is 12.2. The van der Waals surface area contributed by atoms with Crippen molar-refractivity contribution in [1.29, 1.82) is 0 Å². The summed E-state index contributed by atoms with van der Waals surface area (Å²) in [6, 6.07) is 7.32. The molecular formula is C16H15F3N4O. The van der Waals surface area contributed by atoms with Crippen molar-refractivity contribution in [2.24, 2.45) is 0 Å². The summed E-state index contributed by atoms with van der Waals surface area (Å²) in [5.41, 5.74) is 2.14. The molecular weight excluding hydrogens is 321 g/mol. The van der Waals surface area contributed by atoms with E-state index < -0.39 is 12.0 Å². The largest absolute Gasteiger partial charge is 0.452 e. The average molecular weight is 336 g/mol. The van der Waals surface area contributed by atoms with E-state index in [2.05, 4.69) is 15.2 Å². The zero-order chi connectivity index (χ0) is 17.3. The molecule has 0 unspecified atom stereocenters. The highest BCUT2D eigenvalue weighted by molar-refractivity contribution is 5.60. The van der Waals surface area contributed by atoms with Gasteiger partial charge in [-0.3, -0.25) is 9.38 Å². The summed E-state index contributed by atoms with van der Waals surface area (Å²) in [5.74, 6) is -1.07. The second-order valence-corrected chi connectivity index (χ2v) is 5.58. The summed E-state index contributed by atoms with van der Waals surface area (Å²) in [6.45, 7) is 4.38. The van der Waals surface area contributed by atoms with Gasteiger partial charge < -0.3 is 4.74 Å². The Kier molecular flexibility index (Phi) is 4.23. The number of benzene rings is 1. The van der Waals surface area contributed by atoms with Gasteiger partial charge in [-0.25, -0.2) is 0 Å². The zero-order valence-electron chi connectivity index (χ0n) is 13.1. The van der Waals surface area contributed by atoms with Gasteiger partial charge >= 0.3 is 6.18 Å². The first kappa shape index (κ1) is 16.4. The monoisotopic (exact) mass is 336 g/mol. The van der Waals surface area contributed by atoms with E-state index in [0.29, 0.717) is 17.9 Å². The van der Waals surface area contributed by atoms with Gasteiger partial charge in [0, 0.05) is 11.8 Å². The summed E-state index contributed by atoms with van der Waals surface area (Å²) >= 11 is 0. The number of hydrogen-bond acceptors (Lipinski definition) is 4. The molecule has 5 nitrogen and oxygen atoms in total. The lowest BCUT2D eigenvalue weighted by Crippen LogP contribution is -2.11. The third-order valence-corrected chi connectivity index (χ3v) is 3.38. The number of nitrogens with zero attached hydrogens (tertiary/aromatic N) is 4. The van der Waals surface area contributed by atoms with Crippen LogP contribution < -0.4 is 0 Å². The van der Waals surface area contributed by atoms with Crippen LogP contribution in [0.4, 0.5) is 13.2 Å². The summed E-state index contributed by atoms with van der Waals surface area (Å²) in [7, 11) is 0. The standard InChI is InChI=1S/C16H15F3N4O/c1-10(2)24-9-11-3-5-12(6-4-11)13-8-23-14(7-20-13)21-22-15(23)16(17,18)19/h3-8,10H,9H2,1-2H3. The van der Waals surface area contributed by atoms with E-state index in [4.69, 9.17) is 4.74 Å². The van der Waals surface area contributed by atoms with E-state index >= 15 is 0 Å². The van der Waals surface area contributed by atoms with Crippen molar-refractivity contribution in [2.45, 2.75) is 32.7 Å². The van der Waals surface area contributed by atoms with E-state index in [0.717, 1.165) is 9.96 Å². The third-order valence-electron chi connectivity index (χ3n) is 3.38. The van der Waals surface area contributed by atoms with Crippen LogP contribution in [0.3, 0.4) is 0 Å². The Morgan fingerprint density at radius 2 is 1.83 bits per heavy atom. The fraction of sp³-hybridized carbons (Fsp3) is 0.312. The predicted molar refractivity (Wildman–Crippen MR) is 81.1 cm³/mol. The Labute approximate surface area is 136 Å². The van der Waals surface area contributed by atoms with Crippen molar-refractivity contribution in [3.05, 3.63) is 48.0 Å². The molecule has 0 radical (unpaired) electrons. The first-order chi connectivity index (χ1) is 11.3. The van der Waals surface area contributed by atoms with Crippen LogP contribution >= 0.6 is 0 Å². The van der Waals surface area contributed by atoms with Crippen molar-refractivity contribution in [2.75, 3.05) is 0 Å². The molecule has 0 fully saturated rings. The third kappa shape index (κ3) is 3.38. The maximum Gasteiger partial charge on any atom is 0.452 e. The highest BCUT2D eigenvalue weighted by Gasteiger charge is 2.37. The molecule has 3 aromatic rings. The molecule has 0 aliphatic rings. The number of rotatable bonds is 4. The SMILES string of the molecule is CC(C)OCc1ccc(-c2cn3c(C(F)(F)F)nnc3cn2)cc1. The van der Waals surface area contributed by atoms with Gasteiger partial charge in [0.15, 0.2) is 5.65 Å². The van der Waals surface area contributed by atoms with Crippen molar-refractivity contribution in [1.82, 2.24) is 19.6 Å². The highest BCUT2D eigenvalue weighted by Crippen LogP contribution is 2.28. The van der Waals surface area contributed by atoms with Crippen LogP contribution in [0.2, 0.25) is 0 Å². The van der Waals surface area contributed by atoms with Crippen LogP contribution in [-0.4, -0.2) is 25.7 Å². The molecule has 0 amide bonds. The summed E-state index contributed by atoms with van der Waals surface area (Å²) in [4.78, 5) is 4.15. The van der Waals surface area contributed by atoms with Gasteiger partial charge in [0.25, 0.3) is 0 Å². The molecule has 126 valence electrons. The molecule has 0 saturated heterocycles. The number of hydrogen-bond donors (Lipinski definition) is 0. The van der Waals surface area contributed by atoms with Gasteiger partial charge in [-0.2, -0.15) is 13.2 Å². The van der Waals surface area contributed by atoms with Crippen LogP contribution in [0.5, 0.6) is 0 Å². The molecule has 0 saturated carbocycles. The minimum Gasteiger partial charge on any atom is -0.374 e. The fourth-order valence-corrected chi connectivity index (χ4v) is 2.18. The van der Waals surface area contributed by atoms with E-state index in [9.17, 15) is 13.2 Å². The molecule has 1 aromatic carbocycles. The van der Waals surface area contributed by atoms with Crippen LogP contribution in [-0.2, 0) is 17.5 Å². The van der Waals surface area contributed by atoms with E-state index in [1.807, 2.05) is 26.0 Å². The first-order valence-electron chi connectivity index (χ1n) is 7.33. The molecule has 2 aromatic heterocycles. The van der Waals surface area contributed by atoms with E-state index in [1.54, 1.807) is 12.1 Å². The molecule has 3 rings (SSSR count). The highest BCUT2D eigenvalue weighted by atomic mass is 19.4. The van der Waals surface area contributed by atoms with Gasteiger partial charge in [0.2, 0.25) is 5.82 Å². The van der Waals surface area contributed by atoms with Crippen LogP contribution in [0.1, 0.15) is 25.2 Å². The fourth-order valence-electron chi connectivity index (χ4n) is 2.18. The van der Waals surface area contributed by atoms with Gasteiger partial charge in [0.05, 0.1) is 24.6 Å². The minimum absolute atomic E-state index is 0.0491. The molecule has 0 spiro atoms. The second kappa shape index (κ2) is 6.20. The Morgan fingerprint density at radius 3 is 2.46 bits per heavy atom. The lowest BCUT2D eigenvalue weighted by molar-refractivity contribution is -0.145. The number of halogens is 3. The first-order valence-corrected chi connectivity index (χ1v) is 7.33. The lowest BCUT2D eigenvalue weighted by Gasteiger charge is -2.09. The maximum atomic E-state index is 12.9. The van der Waals surface area contributed by atoms with Crippen LogP contribution in [0.15, 0.2) is 36.7 Å². The Morgan fingerprint density at radius 1 is 1.12 bits per heavy atom. The molecule has 8 heteroatoms. The van der Waals surface area contributed by atoms with Crippen LogP contribution in [0, 0.1) is 0 Å². The van der Waals surface area contributed by atoms with Gasteiger partial charge in [-0.1, -0.05) is 24.3 Å². The molecule has 0 bridgehead atoms. The quantitative estimate of drug-likeness (QED) is 0.728. The number of alkyl halides is 3. The molecule has 2 heterocycles. The van der Waals surface area contributed by atoms with Crippen molar-refractivity contribution < 1.29 is 17.9 Å². The predicted octanol–water partition coefficient (Wildman–Crippen LogP) is 3.74. The summed E-state index contributed by atoms with van der Waals surface area (Å²) in [6.07, 6.45) is -1.88. The smallest absolute Gasteiger partial charge is 0.374 e. The maximum absolute atomic E-state index is 12.9. The molecule has 24 heavy (non-hydrogen) atoms.